The predicted molar refractivity (Wildman–Crippen MR) is 68.4 cm³/mol. The zero-order chi connectivity index (χ0) is 11.8. The molecule has 0 saturated carbocycles. The zero-order valence-corrected chi connectivity index (χ0v) is 10.6. The second kappa shape index (κ2) is 7.28. The predicted octanol–water partition coefficient (Wildman–Crippen LogP) is 2.40. The van der Waals surface area contributed by atoms with Crippen LogP contribution in [0.5, 0.6) is 0 Å². The number of hydrogen-bond acceptors (Lipinski definition) is 3. The molecule has 0 saturated heterocycles. The number of nitrogens with one attached hydrogen (secondary N) is 1. The topological polar surface area (TPSA) is 42.0 Å². The average Bonchev–Trinajstić information content (AvgIpc) is 2.30. The molecule has 1 amide bonds. The summed E-state index contributed by atoms with van der Waals surface area (Å²) >= 11 is 1.67. The Morgan fingerprint density at radius 1 is 1.56 bits per heavy atom. The highest BCUT2D eigenvalue weighted by Crippen LogP contribution is 2.08. The van der Waals surface area contributed by atoms with Gasteiger partial charge in [0, 0.05) is 6.20 Å². The number of nitrogens with zero attached hydrogens (tertiary/aromatic N) is 1. The summed E-state index contributed by atoms with van der Waals surface area (Å²) in [7, 11) is 0. The second-order valence-corrected chi connectivity index (χ2v) is 4.70. The molecule has 1 aromatic rings. The maximum Gasteiger partial charge on any atom is 0.230 e. The van der Waals surface area contributed by atoms with Crippen molar-refractivity contribution < 1.29 is 4.79 Å². The van der Waals surface area contributed by atoms with E-state index < -0.39 is 0 Å². The fourth-order valence-electron chi connectivity index (χ4n) is 1.30. The van der Waals surface area contributed by atoms with Crippen LogP contribution >= 0.6 is 11.8 Å². The van der Waals surface area contributed by atoms with Crippen molar-refractivity contribution in [2.24, 2.45) is 0 Å². The van der Waals surface area contributed by atoms with E-state index in [1.165, 1.54) is 0 Å². The van der Waals surface area contributed by atoms with E-state index in [9.17, 15) is 4.79 Å². The molecule has 0 bridgehead atoms. The third-order valence-electron chi connectivity index (χ3n) is 2.09. The number of amides is 1. The number of carbonyl (C=O) groups excluding carboxylic acids is 1. The molecule has 0 radical (unpaired) electrons. The summed E-state index contributed by atoms with van der Waals surface area (Å²) in [4.78, 5) is 15.7. The Morgan fingerprint density at radius 2 is 2.38 bits per heavy atom. The smallest absolute Gasteiger partial charge is 0.230 e. The van der Waals surface area contributed by atoms with Crippen LogP contribution in [0, 0.1) is 0 Å². The Morgan fingerprint density at radius 3 is 3.00 bits per heavy atom. The van der Waals surface area contributed by atoms with E-state index in [1.54, 1.807) is 18.0 Å². The third kappa shape index (κ3) is 4.66. The molecular weight excluding hydrogens is 220 g/mol. The van der Waals surface area contributed by atoms with E-state index in [-0.39, 0.29) is 11.9 Å². The first kappa shape index (κ1) is 13.0. The molecule has 1 heterocycles. The van der Waals surface area contributed by atoms with Crippen molar-refractivity contribution >= 4 is 17.7 Å². The summed E-state index contributed by atoms with van der Waals surface area (Å²) in [6.45, 7) is 4.06. The summed E-state index contributed by atoms with van der Waals surface area (Å²) in [6.07, 6.45) is 2.84. The number of rotatable bonds is 6. The van der Waals surface area contributed by atoms with Crippen LogP contribution in [-0.4, -0.2) is 22.4 Å². The molecule has 3 nitrogen and oxygen atoms in total. The minimum absolute atomic E-state index is 0.0177. The molecule has 88 valence electrons. The van der Waals surface area contributed by atoms with E-state index in [0.717, 1.165) is 17.9 Å². The van der Waals surface area contributed by atoms with Gasteiger partial charge in [0.15, 0.2) is 0 Å². The van der Waals surface area contributed by atoms with Crippen LogP contribution in [-0.2, 0) is 4.79 Å². The summed E-state index contributed by atoms with van der Waals surface area (Å²) in [5, 5.41) is 2.93. The Labute approximate surface area is 101 Å². The lowest BCUT2D eigenvalue weighted by Crippen LogP contribution is -2.28. The molecule has 0 spiro atoms. The molecule has 0 aliphatic carbocycles. The largest absolute Gasteiger partial charge is 0.347 e. The number of thioether (sulfide) groups is 1. The van der Waals surface area contributed by atoms with Crippen LogP contribution in [0.2, 0.25) is 0 Å². The van der Waals surface area contributed by atoms with Crippen LogP contribution in [0.25, 0.3) is 0 Å². The Kier molecular flexibility index (Phi) is 5.93. The van der Waals surface area contributed by atoms with Crippen LogP contribution in [0.1, 0.15) is 32.0 Å². The highest BCUT2D eigenvalue weighted by atomic mass is 32.2. The molecule has 1 N–H and O–H groups in total. The number of hydrogen-bond donors (Lipinski definition) is 1. The van der Waals surface area contributed by atoms with Crippen molar-refractivity contribution in [3.8, 4) is 0 Å². The van der Waals surface area contributed by atoms with Crippen molar-refractivity contribution in [2.75, 3.05) is 11.5 Å². The molecule has 1 unspecified atom stereocenters. The summed E-state index contributed by atoms with van der Waals surface area (Å²) in [5.41, 5.74) is 0.899. The van der Waals surface area contributed by atoms with Gasteiger partial charge in [-0.25, -0.2) is 0 Å². The van der Waals surface area contributed by atoms with Crippen LogP contribution in [0.4, 0.5) is 0 Å². The van der Waals surface area contributed by atoms with Crippen molar-refractivity contribution in [3.63, 3.8) is 0 Å². The van der Waals surface area contributed by atoms with Crippen molar-refractivity contribution in [1.82, 2.24) is 10.3 Å². The minimum atomic E-state index is -0.0177. The van der Waals surface area contributed by atoms with Gasteiger partial charge in [-0.05, 0) is 31.2 Å². The van der Waals surface area contributed by atoms with Gasteiger partial charge in [0.05, 0.1) is 17.5 Å². The van der Waals surface area contributed by atoms with Crippen LogP contribution in [0.3, 0.4) is 0 Å². The van der Waals surface area contributed by atoms with E-state index in [0.29, 0.717) is 5.75 Å². The Hall–Kier alpha value is -1.03. The SMILES string of the molecule is CCCSCC(=O)NC(C)c1ccccn1. The highest BCUT2D eigenvalue weighted by molar-refractivity contribution is 7.99. The Bertz CT molecular complexity index is 316. The first-order valence-electron chi connectivity index (χ1n) is 5.52. The molecule has 16 heavy (non-hydrogen) atoms. The molecule has 1 aromatic heterocycles. The lowest BCUT2D eigenvalue weighted by Gasteiger charge is -2.12. The maximum absolute atomic E-state index is 11.5. The van der Waals surface area contributed by atoms with Gasteiger partial charge in [-0.2, -0.15) is 11.8 Å². The highest BCUT2D eigenvalue weighted by Gasteiger charge is 2.09. The monoisotopic (exact) mass is 238 g/mol. The quantitative estimate of drug-likeness (QED) is 0.774. The normalized spacial score (nSPS) is 12.1. The molecule has 0 aliphatic heterocycles. The van der Waals surface area contributed by atoms with Gasteiger partial charge in [0.2, 0.25) is 5.91 Å². The first-order chi connectivity index (χ1) is 7.74. The lowest BCUT2D eigenvalue weighted by molar-refractivity contribution is -0.119. The molecule has 0 aliphatic rings. The standard InChI is InChI=1S/C12H18N2OS/c1-3-8-16-9-12(15)14-10(2)11-6-4-5-7-13-11/h4-7,10H,3,8-9H2,1-2H3,(H,14,15). The summed E-state index contributed by atoms with van der Waals surface area (Å²) in [6, 6.07) is 5.70. The van der Waals surface area contributed by atoms with Gasteiger partial charge in [0.1, 0.15) is 0 Å². The fraction of sp³-hybridized carbons (Fsp3) is 0.500. The number of pyridine rings is 1. The minimum Gasteiger partial charge on any atom is -0.347 e. The van der Waals surface area contributed by atoms with Crippen molar-refractivity contribution in [3.05, 3.63) is 30.1 Å². The van der Waals surface area contributed by atoms with Crippen molar-refractivity contribution in [2.45, 2.75) is 26.3 Å². The van der Waals surface area contributed by atoms with E-state index in [1.807, 2.05) is 25.1 Å². The van der Waals surface area contributed by atoms with E-state index in [2.05, 4.69) is 17.2 Å². The summed E-state index contributed by atoms with van der Waals surface area (Å²) < 4.78 is 0. The van der Waals surface area contributed by atoms with E-state index >= 15 is 0 Å². The molecular formula is C12H18N2OS. The fourth-order valence-corrected chi connectivity index (χ4v) is 2.00. The zero-order valence-electron chi connectivity index (χ0n) is 9.77. The second-order valence-electron chi connectivity index (χ2n) is 3.60. The maximum atomic E-state index is 11.5. The van der Waals surface area contributed by atoms with E-state index in [4.69, 9.17) is 0 Å². The van der Waals surface area contributed by atoms with Crippen molar-refractivity contribution in [1.29, 1.82) is 0 Å². The van der Waals surface area contributed by atoms with Gasteiger partial charge >= 0.3 is 0 Å². The van der Waals surface area contributed by atoms with Crippen LogP contribution < -0.4 is 5.32 Å². The average molecular weight is 238 g/mol. The molecule has 0 aromatic carbocycles. The lowest BCUT2D eigenvalue weighted by atomic mass is 10.2. The van der Waals surface area contributed by atoms with Gasteiger partial charge in [-0.3, -0.25) is 9.78 Å². The molecule has 1 rings (SSSR count). The number of aromatic nitrogens is 1. The van der Waals surface area contributed by atoms with Gasteiger partial charge in [-0.15, -0.1) is 0 Å². The van der Waals surface area contributed by atoms with Gasteiger partial charge in [-0.1, -0.05) is 13.0 Å². The first-order valence-corrected chi connectivity index (χ1v) is 6.67. The molecule has 4 heteroatoms. The molecule has 0 fully saturated rings. The van der Waals surface area contributed by atoms with Gasteiger partial charge < -0.3 is 5.32 Å². The van der Waals surface area contributed by atoms with Crippen LogP contribution in [0.15, 0.2) is 24.4 Å². The Balaban J connectivity index is 2.34. The third-order valence-corrected chi connectivity index (χ3v) is 3.25. The van der Waals surface area contributed by atoms with Gasteiger partial charge in [0.25, 0.3) is 0 Å². The summed E-state index contributed by atoms with van der Waals surface area (Å²) in [5.74, 6) is 1.65. The molecule has 1 atom stereocenters. The number of carbonyl (C=O) groups is 1.